The predicted molar refractivity (Wildman–Crippen MR) is 80.6 cm³/mol. The topological polar surface area (TPSA) is 49.7 Å². The van der Waals surface area contributed by atoms with Gasteiger partial charge in [0, 0.05) is 12.1 Å². The molecule has 110 valence electrons. The highest BCUT2D eigenvalue weighted by atomic mass is 19.1. The van der Waals surface area contributed by atoms with Crippen molar-refractivity contribution in [3.8, 4) is 0 Å². The molecule has 2 N–H and O–H groups in total. The quantitative estimate of drug-likeness (QED) is 0.601. The third-order valence-electron chi connectivity index (χ3n) is 3.20. The predicted octanol–water partition coefficient (Wildman–Crippen LogP) is 1.65. The van der Waals surface area contributed by atoms with Crippen molar-refractivity contribution >= 4 is 12.6 Å². The van der Waals surface area contributed by atoms with E-state index in [1.807, 2.05) is 18.2 Å². The molecule has 0 aliphatic rings. The normalized spacial score (nSPS) is 10.6. The molecule has 0 heterocycles. The molecule has 3 nitrogen and oxygen atoms in total. The first-order valence-electron chi connectivity index (χ1n) is 6.93. The minimum absolute atomic E-state index is 0.125. The zero-order chi connectivity index (χ0) is 15.1. The number of hydrogen-bond donors (Lipinski definition) is 2. The zero-order valence-electron chi connectivity index (χ0n) is 11.7. The lowest BCUT2D eigenvalue weighted by molar-refractivity contribution is 0.118. The Morgan fingerprint density at radius 2 is 1.76 bits per heavy atom. The number of rotatable bonds is 7. The molecule has 0 unspecified atom stereocenters. The van der Waals surface area contributed by atoms with Gasteiger partial charge in [-0.2, -0.15) is 0 Å². The Balaban J connectivity index is 1.75. The third-order valence-corrected chi connectivity index (χ3v) is 3.20. The van der Waals surface area contributed by atoms with Gasteiger partial charge in [-0.1, -0.05) is 42.5 Å². The average molecular weight is 288 g/mol. The molecule has 0 aliphatic heterocycles. The Kier molecular flexibility index (Phi) is 5.93. The van der Waals surface area contributed by atoms with Crippen molar-refractivity contribution in [2.75, 3.05) is 6.61 Å². The van der Waals surface area contributed by atoms with E-state index in [1.54, 1.807) is 6.07 Å². The lowest BCUT2D eigenvalue weighted by atomic mass is 9.79. The molecule has 0 saturated heterocycles. The summed E-state index contributed by atoms with van der Waals surface area (Å²) in [6.07, 6.45) is 1.85. The second-order valence-corrected chi connectivity index (χ2v) is 4.87. The van der Waals surface area contributed by atoms with Crippen molar-refractivity contribution in [3.05, 3.63) is 65.5 Å². The van der Waals surface area contributed by atoms with E-state index in [0.717, 1.165) is 18.4 Å². The fourth-order valence-corrected chi connectivity index (χ4v) is 2.09. The van der Waals surface area contributed by atoms with Crippen LogP contribution in [0.1, 0.15) is 17.5 Å². The lowest BCUT2D eigenvalue weighted by Crippen LogP contribution is -2.33. The first-order chi connectivity index (χ1) is 10.2. The van der Waals surface area contributed by atoms with E-state index >= 15 is 0 Å². The van der Waals surface area contributed by atoms with E-state index in [0.29, 0.717) is 13.2 Å². The minimum Gasteiger partial charge on any atom is -0.423 e. The van der Waals surface area contributed by atoms with Gasteiger partial charge in [0.05, 0.1) is 6.61 Å². The second kappa shape index (κ2) is 7.93. The summed E-state index contributed by atoms with van der Waals surface area (Å²) < 4.78 is 18.8. The van der Waals surface area contributed by atoms with Crippen molar-refractivity contribution in [2.45, 2.75) is 19.4 Å². The Morgan fingerprint density at radius 3 is 2.48 bits per heavy atom. The first-order valence-corrected chi connectivity index (χ1v) is 6.93. The van der Waals surface area contributed by atoms with Gasteiger partial charge in [0.25, 0.3) is 0 Å². The molecule has 0 bridgehead atoms. The summed E-state index contributed by atoms with van der Waals surface area (Å²) in [7, 11) is -1.80. The first kappa shape index (κ1) is 15.7. The Morgan fingerprint density at radius 1 is 1.00 bits per heavy atom. The van der Waals surface area contributed by atoms with Gasteiger partial charge in [-0.25, -0.2) is 4.39 Å². The van der Waals surface area contributed by atoms with E-state index in [2.05, 4.69) is 12.1 Å². The summed E-state index contributed by atoms with van der Waals surface area (Å²) in [5.74, 6) is -0.627. The molecule has 0 amide bonds. The molecule has 0 radical (unpaired) electrons. The molecule has 2 rings (SSSR count). The van der Waals surface area contributed by atoms with Crippen molar-refractivity contribution in [1.82, 2.24) is 0 Å². The maximum Gasteiger partial charge on any atom is 0.491 e. The van der Waals surface area contributed by atoms with Gasteiger partial charge in [0.1, 0.15) is 5.82 Å². The Labute approximate surface area is 124 Å². The van der Waals surface area contributed by atoms with Crippen LogP contribution in [-0.2, 0) is 17.8 Å². The van der Waals surface area contributed by atoms with Crippen LogP contribution in [0.25, 0.3) is 0 Å². The van der Waals surface area contributed by atoms with Crippen LogP contribution in [0.5, 0.6) is 0 Å². The molecule has 5 heteroatoms. The van der Waals surface area contributed by atoms with Gasteiger partial charge in [0.2, 0.25) is 0 Å². The van der Waals surface area contributed by atoms with Crippen LogP contribution in [0.4, 0.5) is 4.39 Å². The molecule has 0 fully saturated rings. The number of ether oxygens (including phenoxy) is 1. The largest absolute Gasteiger partial charge is 0.491 e. The van der Waals surface area contributed by atoms with E-state index in [4.69, 9.17) is 14.8 Å². The Bertz CT molecular complexity index is 561. The average Bonchev–Trinajstić information content (AvgIpc) is 2.49. The zero-order valence-corrected chi connectivity index (χ0v) is 11.7. The van der Waals surface area contributed by atoms with Crippen molar-refractivity contribution in [1.29, 1.82) is 0 Å². The highest BCUT2D eigenvalue weighted by Crippen LogP contribution is 2.06. The van der Waals surface area contributed by atoms with Gasteiger partial charge >= 0.3 is 7.12 Å². The minimum atomic E-state index is -1.80. The van der Waals surface area contributed by atoms with Gasteiger partial charge in [-0.3, -0.25) is 0 Å². The smallest absolute Gasteiger partial charge is 0.423 e. The SMILES string of the molecule is OB(O)c1cc(COCCCc2ccccc2)ccc1F. The van der Waals surface area contributed by atoms with Crippen LogP contribution < -0.4 is 5.46 Å². The summed E-state index contributed by atoms with van der Waals surface area (Å²) in [5, 5.41) is 18.1. The van der Waals surface area contributed by atoms with E-state index in [1.165, 1.54) is 17.7 Å². The number of halogens is 1. The second-order valence-electron chi connectivity index (χ2n) is 4.87. The van der Waals surface area contributed by atoms with Crippen molar-refractivity contribution < 1.29 is 19.2 Å². The van der Waals surface area contributed by atoms with E-state index < -0.39 is 12.9 Å². The van der Waals surface area contributed by atoms with Crippen molar-refractivity contribution in [2.24, 2.45) is 0 Å². The highest BCUT2D eigenvalue weighted by Gasteiger charge is 2.16. The molecular formula is C16H18BFO3. The summed E-state index contributed by atoms with van der Waals surface area (Å²) in [5.41, 5.74) is 1.87. The molecule has 2 aromatic carbocycles. The van der Waals surface area contributed by atoms with Crippen LogP contribution in [-0.4, -0.2) is 23.8 Å². The maximum absolute atomic E-state index is 13.3. The van der Waals surface area contributed by atoms with Gasteiger partial charge in [0.15, 0.2) is 0 Å². The van der Waals surface area contributed by atoms with Crippen LogP contribution >= 0.6 is 0 Å². The Hall–Kier alpha value is -1.69. The maximum atomic E-state index is 13.3. The van der Waals surface area contributed by atoms with Gasteiger partial charge < -0.3 is 14.8 Å². The summed E-state index contributed by atoms with van der Waals surface area (Å²) in [6.45, 7) is 0.929. The monoisotopic (exact) mass is 288 g/mol. The third kappa shape index (κ3) is 4.97. The summed E-state index contributed by atoms with van der Waals surface area (Å²) in [4.78, 5) is 0. The molecular weight excluding hydrogens is 270 g/mol. The number of hydrogen-bond acceptors (Lipinski definition) is 3. The van der Waals surface area contributed by atoms with Crippen LogP contribution in [0.2, 0.25) is 0 Å². The van der Waals surface area contributed by atoms with Crippen LogP contribution in [0, 0.1) is 5.82 Å². The molecule has 0 saturated carbocycles. The molecule has 0 aliphatic carbocycles. The summed E-state index contributed by atoms with van der Waals surface area (Å²) >= 11 is 0. The molecule has 2 aromatic rings. The van der Waals surface area contributed by atoms with E-state index in [-0.39, 0.29) is 5.46 Å². The van der Waals surface area contributed by atoms with Crippen molar-refractivity contribution in [3.63, 3.8) is 0 Å². The fraction of sp³-hybridized carbons (Fsp3) is 0.250. The van der Waals surface area contributed by atoms with Crippen LogP contribution in [0.3, 0.4) is 0 Å². The molecule has 0 aromatic heterocycles. The standard InChI is InChI=1S/C16H18BFO3/c18-16-9-8-14(11-15(16)17(19)20)12-21-10-4-7-13-5-2-1-3-6-13/h1-3,5-6,8-9,11,19-20H,4,7,10,12H2. The number of benzene rings is 2. The molecule has 0 atom stereocenters. The summed E-state index contributed by atoms with van der Waals surface area (Å²) in [6, 6.07) is 14.4. The lowest BCUT2D eigenvalue weighted by Gasteiger charge is -2.07. The van der Waals surface area contributed by atoms with Crippen LogP contribution in [0.15, 0.2) is 48.5 Å². The number of aryl methyl sites for hydroxylation is 1. The fourth-order valence-electron chi connectivity index (χ4n) is 2.09. The van der Waals surface area contributed by atoms with Gasteiger partial charge in [-0.05, 0) is 30.0 Å². The van der Waals surface area contributed by atoms with Gasteiger partial charge in [-0.15, -0.1) is 0 Å². The molecule has 21 heavy (non-hydrogen) atoms. The molecule has 0 spiro atoms. The highest BCUT2D eigenvalue weighted by molar-refractivity contribution is 6.58. The van der Waals surface area contributed by atoms with E-state index in [9.17, 15) is 4.39 Å².